The van der Waals surface area contributed by atoms with Crippen molar-refractivity contribution in [2.75, 3.05) is 18.0 Å². The van der Waals surface area contributed by atoms with Gasteiger partial charge < -0.3 is 15.0 Å². The Hall–Kier alpha value is -3.90. The summed E-state index contributed by atoms with van der Waals surface area (Å²) >= 11 is 2.14. The van der Waals surface area contributed by atoms with E-state index in [-0.39, 0.29) is 29.8 Å². The number of rotatable bonds is 13. The molecule has 4 aromatic carbocycles. The first-order valence-electron chi connectivity index (χ1n) is 14.2. The number of sulfonamides is 1. The molecule has 1 N–H and O–H groups in total. The normalized spacial score (nSPS) is 11.9. The van der Waals surface area contributed by atoms with Crippen LogP contribution >= 0.6 is 22.6 Å². The highest BCUT2D eigenvalue weighted by Gasteiger charge is 2.34. The Labute approximate surface area is 273 Å². The Bertz CT molecular complexity index is 1650. The molecule has 0 aliphatic carbocycles. The van der Waals surface area contributed by atoms with Gasteiger partial charge in [0.1, 0.15) is 18.3 Å². The summed E-state index contributed by atoms with van der Waals surface area (Å²) in [5.41, 5.74) is 1.95. The highest BCUT2D eigenvalue weighted by molar-refractivity contribution is 14.1. The predicted octanol–water partition coefficient (Wildman–Crippen LogP) is 5.66. The van der Waals surface area contributed by atoms with Crippen LogP contribution in [0.4, 0.5) is 5.69 Å². The third-order valence-electron chi connectivity index (χ3n) is 6.91. The zero-order valence-corrected chi connectivity index (χ0v) is 27.9. The average Bonchev–Trinajstić information content (AvgIpc) is 3.02. The van der Waals surface area contributed by atoms with Crippen molar-refractivity contribution >= 4 is 50.1 Å². The van der Waals surface area contributed by atoms with Crippen molar-refractivity contribution in [1.29, 1.82) is 0 Å². The van der Waals surface area contributed by atoms with E-state index >= 15 is 0 Å². The average molecular weight is 726 g/mol. The lowest BCUT2D eigenvalue weighted by Crippen LogP contribution is -2.54. The smallest absolute Gasteiger partial charge is 0.264 e. The Balaban J connectivity index is 1.80. The van der Waals surface area contributed by atoms with Gasteiger partial charge in [0.05, 0.1) is 17.7 Å². The first-order chi connectivity index (χ1) is 21.1. The number of carbonyl (C=O) groups excluding carboxylic acids is 2. The van der Waals surface area contributed by atoms with E-state index in [1.807, 2.05) is 56.3 Å². The van der Waals surface area contributed by atoms with Gasteiger partial charge in [0.25, 0.3) is 10.0 Å². The molecule has 8 nitrogen and oxygen atoms in total. The van der Waals surface area contributed by atoms with E-state index in [9.17, 15) is 18.0 Å². The number of methoxy groups -OCH3 is 1. The molecule has 0 saturated carbocycles. The monoisotopic (exact) mass is 725 g/mol. The van der Waals surface area contributed by atoms with Gasteiger partial charge in [0, 0.05) is 22.6 Å². The van der Waals surface area contributed by atoms with Crippen molar-refractivity contribution in [3.63, 3.8) is 0 Å². The lowest BCUT2D eigenvalue weighted by atomic mass is 10.0. The van der Waals surface area contributed by atoms with Crippen molar-refractivity contribution in [3.8, 4) is 5.75 Å². The highest BCUT2D eigenvalue weighted by Crippen LogP contribution is 2.26. The van der Waals surface area contributed by atoms with Crippen LogP contribution in [-0.2, 0) is 32.6 Å². The number of carbonyl (C=O) groups is 2. The fraction of sp³-hybridized carbons (Fsp3) is 0.235. The molecule has 0 aliphatic rings. The lowest BCUT2D eigenvalue weighted by molar-refractivity contribution is -0.140. The largest absolute Gasteiger partial charge is 0.497 e. The minimum atomic E-state index is -4.14. The summed E-state index contributed by atoms with van der Waals surface area (Å²) in [4.78, 5) is 29.8. The maximum Gasteiger partial charge on any atom is 0.264 e. The fourth-order valence-electron chi connectivity index (χ4n) is 4.76. The maximum atomic E-state index is 14.5. The van der Waals surface area contributed by atoms with E-state index in [4.69, 9.17) is 4.74 Å². The van der Waals surface area contributed by atoms with E-state index in [0.717, 1.165) is 19.0 Å². The van der Waals surface area contributed by atoms with Crippen LogP contribution in [0, 0.1) is 3.57 Å². The summed E-state index contributed by atoms with van der Waals surface area (Å²) in [6, 6.07) is 30.6. The molecule has 0 aliphatic heterocycles. The van der Waals surface area contributed by atoms with Crippen molar-refractivity contribution < 1.29 is 22.7 Å². The van der Waals surface area contributed by atoms with Crippen molar-refractivity contribution in [2.45, 2.75) is 43.8 Å². The molecular formula is C34H36IN3O5S. The molecule has 4 aromatic rings. The number of hydrogen-bond donors (Lipinski definition) is 1. The molecule has 0 radical (unpaired) electrons. The van der Waals surface area contributed by atoms with Crippen LogP contribution < -0.4 is 14.4 Å². The molecule has 0 unspecified atom stereocenters. The number of hydrogen-bond acceptors (Lipinski definition) is 5. The number of benzene rings is 4. The number of amides is 2. The van der Waals surface area contributed by atoms with Crippen LogP contribution in [-0.4, -0.2) is 50.9 Å². The minimum Gasteiger partial charge on any atom is -0.497 e. The third kappa shape index (κ3) is 8.60. The molecule has 4 rings (SSSR count). The number of nitrogens with zero attached hydrogens (tertiary/aromatic N) is 2. The topological polar surface area (TPSA) is 96.0 Å². The molecule has 0 aromatic heterocycles. The van der Waals surface area contributed by atoms with Gasteiger partial charge in [-0.2, -0.15) is 0 Å². The van der Waals surface area contributed by atoms with Crippen molar-refractivity contribution in [2.24, 2.45) is 0 Å². The number of halogens is 1. The summed E-state index contributed by atoms with van der Waals surface area (Å²) in [6.07, 6.45) is 0.240. The second-order valence-corrected chi connectivity index (χ2v) is 13.7. The number of anilines is 1. The second-order valence-electron chi connectivity index (χ2n) is 10.5. The van der Waals surface area contributed by atoms with Gasteiger partial charge in [-0.25, -0.2) is 8.42 Å². The number of nitrogens with one attached hydrogen (secondary N) is 1. The molecule has 2 amide bonds. The molecule has 0 spiro atoms. The van der Waals surface area contributed by atoms with Crippen molar-refractivity contribution in [1.82, 2.24) is 10.2 Å². The summed E-state index contributed by atoms with van der Waals surface area (Å²) in [7, 11) is -2.58. The quantitative estimate of drug-likeness (QED) is 0.180. The first-order valence-corrected chi connectivity index (χ1v) is 16.7. The highest BCUT2D eigenvalue weighted by atomic mass is 127. The van der Waals surface area contributed by atoms with Crippen LogP contribution in [0.25, 0.3) is 0 Å². The second kappa shape index (κ2) is 15.2. The molecule has 0 bridgehead atoms. The van der Waals surface area contributed by atoms with E-state index in [1.165, 1.54) is 17.0 Å². The molecule has 0 saturated heterocycles. The SMILES string of the molecule is COc1cccc(CN(C(=O)CN(c2ccc(I)cc2)S(=O)(=O)c2ccccc2)[C@H](Cc2ccccc2)C(=O)NC(C)C)c1. The standard InChI is InChI=1S/C34H36IN3O5S/c1-25(2)36-34(40)32(22-26-11-6-4-7-12-26)37(23-27-13-10-14-30(21-27)43-3)33(39)24-38(29-19-17-28(35)18-20-29)44(41,42)31-15-8-5-9-16-31/h4-21,25,32H,22-24H2,1-3H3,(H,36,40)/t32-/m1/s1. The van der Waals surface area contributed by atoms with Crippen LogP contribution in [0.1, 0.15) is 25.0 Å². The molecule has 230 valence electrons. The zero-order valence-electron chi connectivity index (χ0n) is 24.9. The molecule has 44 heavy (non-hydrogen) atoms. The van der Waals surface area contributed by atoms with Gasteiger partial charge in [-0.15, -0.1) is 0 Å². The predicted molar refractivity (Wildman–Crippen MR) is 181 cm³/mol. The van der Waals surface area contributed by atoms with E-state index < -0.39 is 28.5 Å². The molecule has 0 fully saturated rings. The summed E-state index contributed by atoms with van der Waals surface area (Å²) in [5.74, 6) is -0.245. The number of ether oxygens (including phenoxy) is 1. The Kier molecular flexibility index (Phi) is 11.4. The van der Waals surface area contributed by atoms with Gasteiger partial charge in [0.15, 0.2) is 0 Å². The summed E-state index contributed by atoms with van der Waals surface area (Å²) in [5, 5.41) is 2.96. The maximum absolute atomic E-state index is 14.5. The van der Waals surface area contributed by atoms with E-state index in [0.29, 0.717) is 11.4 Å². The van der Waals surface area contributed by atoms with Crippen LogP contribution in [0.3, 0.4) is 0 Å². The minimum absolute atomic E-state index is 0.0593. The van der Waals surface area contributed by atoms with Gasteiger partial charge in [-0.05, 0) is 96.1 Å². The molecule has 0 heterocycles. The Morgan fingerprint density at radius 3 is 2.07 bits per heavy atom. The molecule has 10 heteroatoms. The van der Waals surface area contributed by atoms with Crippen LogP contribution in [0.2, 0.25) is 0 Å². The van der Waals surface area contributed by atoms with Gasteiger partial charge in [-0.3, -0.25) is 13.9 Å². The first kappa shape index (κ1) is 33.0. The lowest BCUT2D eigenvalue weighted by Gasteiger charge is -2.34. The summed E-state index contributed by atoms with van der Waals surface area (Å²) < 4.78 is 35.5. The fourth-order valence-corrected chi connectivity index (χ4v) is 6.55. The van der Waals surface area contributed by atoms with Crippen LogP contribution in [0.15, 0.2) is 114 Å². The third-order valence-corrected chi connectivity index (χ3v) is 9.42. The summed E-state index contributed by atoms with van der Waals surface area (Å²) in [6.45, 7) is 3.26. The van der Waals surface area contributed by atoms with Crippen LogP contribution in [0.5, 0.6) is 5.75 Å². The zero-order chi connectivity index (χ0) is 31.7. The van der Waals surface area contributed by atoms with Gasteiger partial charge in [-0.1, -0.05) is 60.7 Å². The molecular weight excluding hydrogens is 689 g/mol. The Morgan fingerprint density at radius 1 is 0.841 bits per heavy atom. The Morgan fingerprint density at radius 2 is 1.45 bits per heavy atom. The van der Waals surface area contributed by atoms with E-state index in [2.05, 4.69) is 27.9 Å². The van der Waals surface area contributed by atoms with Gasteiger partial charge in [0.2, 0.25) is 11.8 Å². The van der Waals surface area contributed by atoms with Crippen molar-refractivity contribution in [3.05, 3.63) is 124 Å². The molecule has 1 atom stereocenters. The van der Waals surface area contributed by atoms with E-state index in [1.54, 1.807) is 61.7 Å². The van der Waals surface area contributed by atoms with Gasteiger partial charge >= 0.3 is 0 Å².